The first-order chi connectivity index (χ1) is 13.8. The fraction of sp³-hybridized carbons (Fsp3) is 0.318. The molecule has 1 heterocycles. The molecule has 0 spiro atoms. The predicted octanol–water partition coefficient (Wildman–Crippen LogP) is 3.05. The van der Waals surface area contributed by atoms with Crippen LogP contribution in [0.2, 0.25) is 0 Å². The zero-order chi connectivity index (χ0) is 21.0. The average Bonchev–Trinajstić information content (AvgIpc) is 2.74. The van der Waals surface area contributed by atoms with Crippen molar-refractivity contribution in [2.24, 2.45) is 0 Å². The van der Waals surface area contributed by atoms with Crippen molar-refractivity contribution in [1.29, 1.82) is 0 Å². The highest BCUT2D eigenvalue weighted by Gasteiger charge is 2.24. The maximum absolute atomic E-state index is 12.7. The van der Waals surface area contributed by atoms with Crippen LogP contribution in [0, 0.1) is 0 Å². The number of carbonyl (C=O) groups excluding carboxylic acids is 1. The molecule has 1 N–H and O–H groups in total. The number of benzene rings is 2. The van der Waals surface area contributed by atoms with Crippen molar-refractivity contribution in [3.63, 3.8) is 0 Å². The first kappa shape index (κ1) is 21.2. The second-order valence-electron chi connectivity index (χ2n) is 7.32. The van der Waals surface area contributed by atoms with Gasteiger partial charge in [0.15, 0.2) is 0 Å². The molecule has 0 saturated heterocycles. The fourth-order valence-corrected chi connectivity index (χ4v) is 4.26. The molecule has 6 nitrogen and oxygen atoms in total. The van der Waals surface area contributed by atoms with E-state index in [0.717, 1.165) is 17.3 Å². The standard InChI is InChI=1S/C22H27N3O3S/c1-17(25-14-12-19(13-15-25)18-8-5-4-6-9-18)22(26)23-20-10-7-11-21(16-20)29(27,28)24(2)3/h4-12,16-17H,13-15H2,1-3H3,(H,23,26)/t17-/m1/s1. The van der Waals surface area contributed by atoms with E-state index in [1.54, 1.807) is 12.1 Å². The second kappa shape index (κ2) is 8.90. The maximum Gasteiger partial charge on any atom is 0.242 e. The highest BCUT2D eigenvalue weighted by molar-refractivity contribution is 7.89. The van der Waals surface area contributed by atoms with Gasteiger partial charge in [-0.3, -0.25) is 9.69 Å². The van der Waals surface area contributed by atoms with Gasteiger partial charge in [0.05, 0.1) is 10.9 Å². The second-order valence-corrected chi connectivity index (χ2v) is 9.47. The Labute approximate surface area is 172 Å². The molecule has 0 radical (unpaired) electrons. The minimum absolute atomic E-state index is 0.152. The summed E-state index contributed by atoms with van der Waals surface area (Å²) in [5.74, 6) is -0.152. The molecule has 1 aliphatic rings. The van der Waals surface area contributed by atoms with E-state index in [4.69, 9.17) is 0 Å². The van der Waals surface area contributed by atoms with Gasteiger partial charge >= 0.3 is 0 Å². The number of amides is 1. The third kappa shape index (κ3) is 4.93. The number of sulfonamides is 1. The Bertz CT molecular complexity index is 1000. The van der Waals surface area contributed by atoms with Crippen LogP contribution in [0.4, 0.5) is 5.69 Å². The Morgan fingerprint density at radius 1 is 1.10 bits per heavy atom. The van der Waals surface area contributed by atoms with Gasteiger partial charge in [0.1, 0.15) is 0 Å². The van der Waals surface area contributed by atoms with Crippen molar-refractivity contribution in [3.8, 4) is 0 Å². The van der Waals surface area contributed by atoms with Crippen molar-refractivity contribution < 1.29 is 13.2 Å². The van der Waals surface area contributed by atoms with Crippen molar-refractivity contribution >= 4 is 27.2 Å². The highest BCUT2D eigenvalue weighted by Crippen LogP contribution is 2.24. The Morgan fingerprint density at radius 3 is 2.45 bits per heavy atom. The summed E-state index contributed by atoms with van der Waals surface area (Å²) in [5.41, 5.74) is 3.00. The van der Waals surface area contributed by atoms with Gasteiger partial charge in [0.25, 0.3) is 0 Å². The quantitative estimate of drug-likeness (QED) is 0.790. The lowest BCUT2D eigenvalue weighted by Gasteiger charge is -2.31. The highest BCUT2D eigenvalue weighted by atomic mass is 32.2. The number of carbonyl (C=O) groups is 1. The van der Waals surface area contributed by atoms with E-state index in [0.29, 0.717) is 12.2 Å². The molecular formula is C22H27N3O3S. The van der Waals surface area contributed by atoms with Gasteiger partial charge in [-0.25, -0.2) is 12.7 Å². The normalized spacial score (nSPS) is 16.3. The van der Waals surface area contributed by atoms with Crippen molar-refractivity contribution in [3.05, 3.63) is 66.2 Å². The molecule has 2 aromatic rings. The van der Waals surface area contributed by atoms with E-state index in [1.807, 2.05) is 25.1 Å². The summed E-state index contributed by atoms with van der Waals surface area (Å²) in [6.45, 7) is 3.37. The predicted molar refractivity (Wildman–Crippen MR) is 116 cm³/mol. The zero-order valence-corrected chi connectivity index (χ0v) is 17.8. The van der Waals surface area contributed by atoms with Crippen LogP contribution < -0.4 is 5.32 Å². The molecule has 0 unspecified atom stereocenters. The van der Waals surface area contributed by atoms with Crippen molar-refractivity contribution in [2.75, 3.05) is 32.5 Å². The molecule has 1 amide bonds. The van der Waals surface area contributed by atoms with Crippen LogP contribution in [0.1, 0.15) is 18.9 Å². The number of nitrogens with one attached hydrogen (secondary N) is 1. The molecule has 29 heavy (non-hydrogen) atoms. The van der Waals surface area contributed by atoms with Crippen LogP contribution in [0.5, 0.6) is 0 Å². The first-order valence-electron chi connectivity index (χ1n) is 9.61. The Hall–Kier alpha value is -2.48. The van der Waals surface area contributed by atoms with Crippen LogP contribution in [0.15, 0.2) is 65.6 Å². The van der Waals surface area contributed by atoms with Gasteiger partial charge < -0.3 is 5.32 Å². The van der Waals surface area contributed by atoms with Crippen molar-refractivity contribution in [2.45, 2.75) is 24.3 Å². The van der Waals surface area contributed by atoms with Gasteiger partial charge in [-0.05, 0) is 42.7 Å². The zero-order valence-electron chi connectivity index (χ0n) is 17.0. The third-order valence-corrected chi connectivity index (χ3v) is 7.00. The number of rotatable bonds is 6. The monoisotopic (exact) mass is 413 g/mol. The van der Waals surface area contributed by atoms with Crippen LogP contribution >= 0.6 is 0 Å². The smallest absolute Gasteiger partial charge is 0.242 e. The van der Waals surface area contributed by atoms with E-state index in [2.05, 4.69) is 28.4 Å². The molecule has 0 fully saturated rings. The third-order valence-electron chi connectivity index (χ3n) is 5.19. The summed E-state index contributed by atoms with van der Waals surface area (Å²) < 4.78 is 25.7. The lowest BCUT2D eigenvalue weighted by atomic mass is 9.99. The number of nitrogens with zero attached hydrogens (tertiary/aromatic N) is 2. The van der Waals surface area contributed by atoms with E-state index in [9.17, 15) is 13.2 Å². The van der Waals surface area contributed by atoms with Gasteiger partial charge in [-0.1, -0.05) is 42.5 Å². The number of anilines is 1. The van der Waals surface area contributed by atoms with Crippen LogP contribution in [0.3, 0.4) is 0 Å². The molecular weight excluding hydrogens is 386 g/mol. The first-order valence-corrected chi connectivity index (χ1v) is 11.0. The number of hydrogen-bond donors (Lipinski definition) is 1. The van der Waals surface area contributed by atoms with E-state index in [-0.39, 0.29) is 16.8 Å². The van der Waals surface area contributed by atoms with Crippen LogP contribution in [-0.4, -0.2) is 56.8 Å². The van der Waals surface area contributed by atoms with Gasteiger partial charge in [-0.2, -0.15) is 0 Å². The van der Waals surface area contributed by atoms with Gasteiger partial charge in [0, 0.05) is 32.9 Å². The lowest BCUT2D eigenvalue weighted by molar-refractivity contribution is -0.120. The molecule has 0 bridgehead atoms. The fourth-order valence-electron chi connectivity index (χ4n) is 3.31. The minimum atomic E-state index is -3.54. The largest absolute Gasteiger partial charge is 0.325 e. The topological polar surface area (TPSA) is 69.7 Å². The Morgan fingerprint density at radius 2 is 1.83 bits per heavy atom. The van der Waals surface area contributed by atoms with Crippen LogP contribution in [-0.2, 0) is 14.8 Å². The molecule has 3 rings (SSSR count). The van der Waals surface area contributed by atoms with Crippen molar-refractivity contribution in [1.82, 2.24) is 9.21 Å². The lowest BCUT2D eigenvalue weighted by Crippen LogP contribution is -2.44. The van der Waals surface area contributed by atoms with Crippen LogP contribution in [0.25, 0.3) is 5.57 Å². The summed E-state index contributed by atoms with van der Waals surface area (Å²) >= 11 is 0. The summed E-state index contributed by atoms with van der Waals surface area (Å²) in [6.07, 6.45) is 3.06. The molecule has 0 aliphatic carbocycles. The molecule has 2 aromatic carbocycles. The molecule has 1 aliphatic heterocycles. The molecule has 1 atom stereocenters. The summed E-state index contributed by atoms with van der Waals surface area (Å²) in [5, 5.41) is 2.85. The summed E-state index contributed by atoms with van der Waals surface area (Å²) in [6, 6.07) is 16.3. The molecule has 7 heteroatoms. The maximum atomic E-state index is 12.7. The molecule has 0 aromatic heterocycles. The number of hydrogen-bond acceptors (Lipinski definition) is 4. The minimum Gasteiger partial charge on any atom is -0.325 e. The summed E-state index contributed by atoms with van der Waals surface area (Å²) in [4.78, 5) is 15.0. The van der Waals surface area contributed by atoms with Gasteiger partial charge in [-0.15, -0.1) is 0 Å². The molecule has 0 saturated carbocycles. The Kier molecular flexibility index (Phi) is 6.52. The van der Waals surface area contributed by atoms with E-state index >= 15 is 0 Å². The van der Waals surface area contributed by atoms with Gasteiger partial charge in [0.2, 0.25) is 15.9 Å². The van der Waals surface area contributed by atoms with E-state index in [1.165, 1.54) is 37.4 Å². The Balaban J connectivity index is 1.65. The molecule has 154 valence electrons. The van der Waals surface area contributed by atoms with E-state index < -0.39 is 10.0 Å². The SMILES string of the molecule is C[C@H](C(=O)Nc1cccc(S(=O)(=O)N(C)C)c1)N1CC=C(c2ccccc2)CC1. The average molecular weight is 414 g/mol. The summed E-state index contributed by atoms with van der Waals surface area (Å²) in [7, 11) is -0.580.